The van der Waals surface area contributed by atoms with Gasteiger partial charge in [0.15, 0.2) is 10.4 Å². The summed E-state index contributed by atoms with van der Waals surface area (Å²) in [4.78, 5) is 4.51. The Kier molecular flexibility index (Phi) is 4.87. The van der Waals surface area contributed by atoms with Crippen molar-refractivity contribution in [2.45, 2.75) is 13.5 Å². The maximum absolute atomic E-state index is 9.01. The summed E-state index contributed by atoms with van der Waals surface area (Å²) in [6, 6.07) is 13.1. The molecule has 0 fully saturated rings. The summed E-state index contributed by atoms with van der Waals surface area (Å²) in [7, 11) is 0. The van der Waals surface area contributed by atoms with Crippen LogP contribution in [0, 0.1) is 18.3 Å². The van der Waals surface area contributed by atoms with E-state index in [2.05, 4.69) is 52.7 Å². The summed E-state index contributed by atoms with van der Waals surface area (Å²) in [5, 5.41) is 27.4. The minimum atomic E-state index is 0.395. The van der Waals surface area contributed by atoms with Crippen LogP contribution >= 0.6 is 15.9 Å². The van der Waals surface area contributed by atoms with Crippen molar-refractivity contribution in [3.05, 3.63) is 64.1 Å². The number of hydrogen-bond acceptors (Lipinski definition) is 7. The molecule has 0 spiro atoms. The van der Waals surface area contributed by atoms with Crippen molar-refractivity contribution >= 4 is 21.9 Å². The molecule has 0 aliphatic carbocycles. The van der Waals surface area contributed by atoms with E-state index in [1.165, 1.54) is 0 Å². The second kappa shape index (κ2) is 7.62. The monoisotopic (exact) mass is 435 g/mol. The number of furan rings is 1. The van der Waals surface area contributed by atoms with Gasteiger partial charge in [0.25, 0.3) is 0 Å². The van der Waals surface area contributed by atoms with Gasteiger partial charge in [0.05, 0.1) is 35.8 Å². The van der Waals surface area contributed by atoms with Crippen LogP contribution < -0.4 is 5.32 Å². The maximum Gasteiger partial charge on any atom is 0.243 e. The number of nitrogens with one attached hydrogen (secondary N) is 2. The highest BCUT2D eigenvalue weighted by molar-refractivity contribution is 9.10. The summed E-state index contributed by atoms with van der Waals surface area (Å²) in [6.07, 6.45) is 1.60. The first-order valence-electron chi connectivity index (χ1n) is 8.37. The van der Waals surface area contributed by atoms with Crippen LogP contribution in [0.1, 0.15) is 16.8 Å². The quantitative estimate of drug-likeness (QED) is 0.484. The Morgan fingerprint density at radius 2 is 2.14 bits per heavy atom. The normalized spacial score (nSPS) is 10.6. The Labute approximate surface area is 168 Å². The minimum Gasteiger partial charge on any atom is -0.448 e. The van der Waals surface area contributed by atoms with Crippen LogP contribution in [0.15, 0.2) is 51.7 Å². The number of aromatic amines is 1. The van der Waals surface area contributed by atoms with Crippen LogP contribution in [-0.2, 0) is 6.54 Å². The average molecular weight is 436 g/mol. The first-order chi connectivity index (χ1) is 13.6. The molecule has 0 saturated carbocycles. The zero-order valence-electron chi connectivity index (χ0n) is 14.8. The van der Waals surface area contributed by atoms with Crippen LogP contribution in [0.4, 0.5) is 5.95 Å². The van der Waals surface area contributed by atoms with Gasteiger partial charge in [0, 0.05) is 5.56 Å². The summed E-state index contributed by atoms with van der Waals surface area (Å²) in [6.45, 7) is 2.36. The Hall–Kier alpha value is -3.51. The standard InChI is InChI=1S/C19H14BrN7O/c1-11-6-12(8-21)2-3-14(11)16-10-23-27-19(24-16)22-9-13-7-15(26-25-13)17-4-5-18(20)28-17/h2-7,10H,9H2,1H3,(H,25,26)(H,22,24,27). The number of aromatic nitrogens is 5. The van der Waals surface area contributed by atoms with Crippen LogP contribution in [0.2, 0.25) is 0 Å². The summed E-state index contributed by atoms with van der Waals surface area (Å²) < 4.78 is 6.17. The molecular formula is C19H14BrN7O. The van der Waals surface area contributed by atoms with E-state index in [0.29, 0.717) is 34.2 Å². The van der Waals surface area contributed by atoms with Gasteiger partial charge in [-0.15, -0.1) is 5.10 Å². The largest absolute Gasteiger partial charge is 0.448 e. The van der Waals surface area contributed by atoms with E-state index >= 15 is 0 Å². The molecule has 0 bridgehead atoms. The van der Waals surface area contributed by atoms with Crippen molar-refractivity contribution < 1.29 is 4.42 Å². The molecule has 2 N–H and O–H groups in total. The number of aryl methyl sites for hydroxylation is 1. The molecule has 1 aromatic carbocycles. The fourth-order valence-corrected chi connectivity index (χ4v) is 3.04. The predicted molar refractivity (Wildman–Crippen MR) is 106 cm³/mol. The lowest BCUT2D eigenvalue weighted by atomic mass is 10.0. The molecule has 138 valence electrons. The zero-order chi connectivity index (χ0) is 19.5. The molecular weight excluding hydrogens is 422 g/mol. The Balaban J connectivity index is 1.49. The van der Waals surface area contributed by atoms with E-state index in [0.717, 1.165) is 22.5 Å². The van der Waals surface area contributed by atoms with E-state index in [-0.39, 0.29) is 0 Å². The molecule has 28 heavy (non-hydrogen) atoms. The lowest BCUT2D eigenvalue weighted by molar-refractivity contribution is 0.553. The fourth-order valence-electron chi connectivity index (χ4n) is 2.74. The Morgan fingerprint density at radius 3 is 2.89 bits per heavy atom. The first kappa shape index (κ1) is 17.9. The second-order valence-electron chi connectivity index (χ2n) is 6.04. The topological polar surface area (TPSA) is 116 Å². The number of halogens is 1. The van der Waals surface area contributed by atoms with E-state index in [4.69, 9.17) is 9.68 Å². The average Bonchev–Trinajstić information content (AvgIpc) is 3.35. The van der Waals surface area contributed by atoms with Crippen LogP contribution in [0.3, 0.4) is 0 Å². The third kappa shape index (κ3) is 3.77. The third-order valence-electron chi connectivity index (χ3n) is 4.09. The van der Waals surface area contributed by atoms with Crippen molar-refractivity contribution in [2.75, 3.05) is 5.32 Å². The number of anilines is 1. The van der Waals surface area contributed by atoms with E-state index in [1.54, 1.807) is 12.3 Å². The highest BCUT2D eigenvalue weighted by Crippen LogP contribution is 2.24. The lowest BCUT2D eigenvalue weighted by Gasteiger charge is -2.07. The van der Waals surface area contributed by atoms with Crippen molar-refractivity contribution in [3.8, 4) is 28.8 Å². The minimum absolute atomic E-state index is 0.395. The zero-order valence-corrected chi connectivity index (χ0v) is 16.4. The molecule has 9 heteroatoms. The first-order valence-corrected chi connectivity index (χ1v) is 9.16. The fraction of sp³-hybridized carbons (Fsp3) is 0.105. The van der Waals surface area contributed by atoms with Gasteiger partial charge in [-0.2, -0.15) is 15.5 Å². The molecule has 3 heterocycles. The van der Waals surface area contributed by atoms with Gasteiger partial charge in [-0.1, -0.05) is 6.07 Å². The molecule has 0 saturated heterocycles. The van der Waals surface area contributed by atoms with Gasteiger partial charge in [-0.3, -0.25) is 5.10 Å². The number of nitrogens with zero attached hydrogens (tertiary/aromatic N) is 5. The molecule has 3 aromatic heterocycles. The summed E-state index contributed by atoms with van der Waals surface area (Å²) in [5.74, 6) is 1.09. The molecule has 8 nitrogen and oxygen atoms in total. The van der Waals surface area contributed by atoms with Gasteiger partial charge in [0.2, 0.25) is 5.95 Å². The van der Waals surface area contributed by atoms with Crippen LogP contribution in [0.25, 0.3) is 22.7 Å². The Morgan fingerprint density at radius 1 is 1.25 bits per heavy atom. The molecule has 0 aliphatic rings. The van der Waals surface area contributed by atoms with E-state index < -0.39 is 0 Å². The Bertz CT molecular complexity index is 1170. The van der Waals surface area contributed by atoms with E-state index in [9.17, 15) is 0 Å². The van der Waals surface area contributed by atoms with Gasteiger partial charge < -0.3 is 9.73 Å². The van der Waals surface area contributed by atoms with Gasteiger partial charge >= 0.3 is 0 Å². The molecule has 0 radical (unpaired) electrons. The van der Waals surface area contributed by atoms with E-state index in [1.807, 2.05) is 37.3 Å². The van der Waals surface area contributed by atoms with Crippen molar-refractivity contribution in [1.82, 2.24) is 25.4 Å². The molecule has 0 aliphatic heterocycles. The summed E-state index contributed by atoms with van der Waals surface area (Å²) in [5.41, 5.74) is 4.71. The number of hydrogen-bond donors (Lipinski definition) is 2. The van der Waals surface area contributed by atoms with Crippen LogP contribution in [0.5, 0.6) is 0 Å². The SMILES string of the molecule is Cc1cc(C#N)ccc1-c1cnnc(NCc2cc(-c3ccc(Br)o3)[nH]n2)n1. The maximum atomic E-state index is 9.01. The number of nitriles is 1. The van der Waals surface area contributed by atoms with Gasteiger partial charge in [-0.25, -0.2) is 4.98 Å². The predicted octanol–water partition coefficient (Wildman–Crippen LogP) is 4.08. The second-order valence-corrected chi connectivity index (χ2v) is 6.82. The van der Waals surface area contributed by atoms with Gasteiger partial charge in [0.1, 0.15) is 5.69 Å². The smallest absolute Gasteiger partial charge is 0.243 e. The molecule has 4 rings (SSSR count). The van der Waals surface area contributed by atoms with Crippen LogP contribution in [-0.4, -0.2) is 25.4 Å². The lowest BCUT2D eigenvalue weighted by Crippen LogP contribution is -2.05. The number of rotatable bonds is 5. The molecule has 0 atom stereocenters. The third-order valence-corrected chi connectivity index (χ3v) is 4.51. The highest BCUT2D eigenvalue weighted by Gasteiger charge is 2.10. The van der Waals surface area contributed by atoms with Crippen molar-refractivity contribution in [2.24, 2.45) is 0 Å². The molecule has 0 amide bonds. The molecule has 4 aromatic rings. The highest BCUT2D eigenvalue weighted by atomic mass is 79.9. The van der Waals surface area contributed by atoms with Crippen molar-refractivity contribution in [3.63, 3.8) is 0 Å². The molecule has 0 unspecified atom stereocenters. The van der Waals surface area contributed by atoms with Crippen molar-refractivity contribution in [1.29, 1.82) is 5.26 Å². The number of benzene rings is 1. The summed E-state index contributed by atoms with van der Waals surface area (Å²) >= 11 is 3.28. The van der Waals surface area contributed by atoms with Gasteiger partial charge in [-0.05, 0) is 58.7 Å². The number of H-pyrrole nitrogens is 1.